The number of halogens is 2. The third-order valence-electron chi connectivity index (χ3n) is 4.34. The molecule has 1 N–H and O–H groups in total. The van der Waals surface area contributed by atoms with E-state index in [1.54, 1.807) is 37.4 Å². The van der Waals surface area contributed by atoms with Crippen LogP contribution in [-0.2, 0) is 0 Å². The Hall–Kier alpha value is -3.71. The molecule has 0 saturated carbocycles. The highest BCUT2D eigenvalue weighted by molar-refractivity contribution is 6.32. The number of benzene rings is 3. The maximum absolute atomic E-state index is 13.1. The molecule has 150 valence electrons. The van der Waals surface area contributed by atoms with Crippen molar-refractivity contribution in [2.24, 2.45) is 0 Å². The van der Waals surface area contributed by atoms with E-state index in [1.165, 1.54) is 28.9 Å². The van der Waals surface area contributed by atoms with Crippen molar-refractivity contribution in [2.75, 3.05) is 12.4 Å². The van der Waals surface area contributed by atoms with Crippen LogP contribution >= 0.6 is 11.6 Å². The Bertz CT molecular complexity index is 1190. The SMILES string of the molecule is COc1ccc(-c2nc(C(=O)Nc3ccc(F)cc3)nn2-c2ccccc2Cl)cc1. The molecule has 0 saturated heterocycles. The van der Waals surface area contributed by atoms with Gasteiger partial charge in [-0.05, 0) is 60.7 Å². The standard InChI is InChI=1S/C22H16ClFN4O2/c1-30-17-12-6-14(7-13-17)21-26-20(22(29)25-16-10-8-15(24)9-11-16)27-28(21)19-5-3-2-4-18(19)23/h2-13H,1H3,(H,25,29). The molecular weight excluding hydrogens is 407 g/mol. The van der Waals surface area contributed by atoms with Gasteiger partial charge in [-0.1, -0.05) is 23.7 Å². The van der Waals surface area contributed by atoms with Gasteiger partial charge in [-0.25, -0.2) is 14.1 Å². The van der Waals surface area contributed by atoms with Crippen LogP contribution in [0.1, 0.15) is 10.6 Å². The van der Waals surface area contributed by atoms with Crippen molar-refractivity contribution in [3.63, 3.8) is 0 Å². The monoisotopic (exact) mass is 422 g/mol. The van der Waals surface area contributed by atoms with Gasteiger partial charge in [0.05, 0.1) is 17.8 Å². The molecular formula is C22H16ClFN4O2. The van der Waals surface area contributed by atoms with Crippen LogP contribution in [0.25, 0.3) is 17.1 Å². The van der Waals surface area contributed by atoms with Crippen molar-refractivity contribution in [2.45, 2.75) is 0 Å². The number of aromatic nitrogens is 3. The molecule has 0 unspecified atom stereocenters. The van der Waals surface area contributed by atoms with Crippen LogP contribution in [0.3, 0.4) is 0 Å². The first-order valence-electron chi connectivity index (χ1n) is 8.98. The van der Waals surface area contributed by atoms with Crippen molar-refractivity contribution < 1.29 is 13.9 Å². The summed E-state index contributed by atoms with van der Waals surface area (Å²) < 4.78 is 19.8. The Kier molecular flexibility index (Phi) is 5.45. The number of anilines is 1. The molecule has 0 bridgehead atoms. The number of hydrogen-bond acceptors (Lipinski definition) is 4. The smallest absolute Gasteiger partial charge is 0.295 e. The Morgan fingerprint density at radius 3 is 2.40 bits per heavy atom. The van der Waals surface area contributed by atoms with Gasteiger partial charge >= 0.3 is 0 Å². The minimum atomic E-state index is -0.526. The van der Waals surface area contributed by atoms with E-state index in [1.807, 2.05) is 18.2 Å². The van der Waals surface area contributed by atoms with Crippen LogP contribution in [0.5, 0.6) is 5.75 Å². The van der Waals surface area contributed by atoms with Crippen molar-refractivity contribution in [1.29, 1.82) is 0 Å². The lowest BCUT2D eigenvalue weighted by Gasteiger charge is -2.08. The van der Waals surface area contributed by atoms with Crippen molar-refractivity contribution in [3.05, 3.63) is 89.5 Å². The van der Waals surface area contributed by atoms with Gasteiger partial charge in [0, 0.05) is 11.3 Å². The molecule has 1 aromatic heterocycles. The summed E-state index contributed by atoms with van der Waals surface area (Å²) in [6, 6.07) is 19.8. The molecule has 4 rings (SSSR count). The van der Waals surface area contributed by atoms with Crippen molar-refractivity contribution in [3.8, 4) is 22.8 Å². The summed E-state index contributed by atoms with van der Waals surface area (Å²) in [6.07, 6.45) is 0. The molecule has 30 heavy (non-hydrogen) atoms. The summed E-state index contributed by atoms with van der Waals surface area (Å²) in [5, 5.41) is 7.50. The first kappa shape index (κ1) is 19.6. The van der Waals surface area contributed by atoms with E-state index in [9.17, 15) is 9.18 Å². The molecule has 6 nitrogen and oxygen atoms in total. The van der Waals surface area contributed by atoms with Gasteiger partial charge in [0.25, 0.3) is 5.91 Å². The topological polar surface area (TPSA) is 69.0 Å². The second-order valence-corrected chi connectivity index (χ2v) is 6.72. The molecule has 3 aromatic carbocycles. The summed E-state index contributed by atoms with van der Waals surface area (Å²) in [5.41, 5.74) is 1.74. The average Bonchev–Trinajstić information content (AvgIpc) is 3.21. The number of rotatable bonds is 5. The molecule has 0 atom stereocenters. The number of carbonyl (C=O) groups is 1. The number of hydrogen-bond donors (Lipinski definition) is 1. The molecule has 0 aliphatic heterocycles. The van der Waals surface area contributed by atoms with Gasteiger partial charge in [0.1, 0.15) is 11.6 Å². The first-order chi connectivity index (χ1) is 14.5. The van der Waals surface area contributed by atoms with E-state index >= 15 is 0 Å². The minimum absolute atomic E-state index is 0.0509. The van der Waals surface area contributed by atoms with Gasteiger partial charge in [0.15, 0.2) is 5.82 Å². The lowest BCUT2D eigenvalue weighted by Crippen LogP contribution is -2.14. The molecule has 0 spiro atoms. The predicted molar refractivity (Wildman–Crippen MR) is 113 cm³/mol. The number of nitrogens with one attached hydrogen (secondary N) is 1. The maximum atomic E-state index is 13.1. The fraction of sp³-hybridized carbons (Fsp3) is 0.0455. The van der Waals surface area contributed by atoms with Gasteiger partial charge in [-0.2, -0.15) is 0 Å². The molecule has 4 aromatic rings. The largest absolute Gasteiger partial charge is 0.497 e. The minimum Gasteiger partial charge on any atom is -0.497 e. The van der Waals surface area contributed by atoms with Crippen LogP contribution < -0.4 is 10.1 Å². The second kappa shape index (κ2) is 8.34. The predicted octanol–water partition coefficient (Wildman–Crippen LogP) is 4.99. The van der Waals surface area contributed by atoms with Crippen LogP contribution in [0.4, 0.5) is 10.1 Å². The van der Waals surface area contributed by atoms with Crippen LogP contribution in [0, 0.1) is 5.82 Å². The fourth-order valence-corrected chi connectivity index (χ4v) is 3.06. The number of ether oxygens (including phenoxy) is 1. The maximum Gasteiger partial charge on any atom is 0.295 e. The van der Waals surface area contributed by atoms with Gasteiger partial charge in [-0.15, -0.1) is 5.10 Å². The molecule has 1 amide bonds. The average molecular weight is 423 g/mol. The van der Waals surface area contributed by atoms with E-state index in [-0.39, 0.29) is 5.82 Å². The number of nitrogens with zero attached hydrogens (tertiary/aromatic N) is 3. The lowest BCUT2D eigenvalue weighted by molar-refractivity contribution is 0.101. The molecule has 0 radical (unpaired) electrons. The van der Waals surface area contributed by atoms with E-state index in [0.29, 0.717) is 28.0 Å². The molecule has 0 aliphatic rings. The zero-order valence-electron chi connectivity index (χ0n) is 15.8. The molecule has 0 fully saturated rings. The van der Waals surface area contributed by atoms with E-state index in [2.05, 4.69) is 15.4 Å². The van der Waals surface area contributed by atoms with Crippen LogP contribution in [-0.4, -0.2) is 27.8 Å². The third kappa shape index (κ3) is 4.01. The summed E-state index contributed by atoms with van der Waals surface area (Å²) in [7, 11) is 1.58. The van der Waals surface area contributed by atoms with Gasteiger partial charge in [-0.3, -0.25) is 4.79 Å². The quantitative estimate of drug-likeness (QED) is 0.492. The third-order valence-corrected chi connectivity index (χ3v) is 4.66. The Labute approximate surface area is 176 Å². The number of amides is 1. The zero-order chi connectivity index (χ0) is 21.1. The van der Waals surface area contributed by atoms with Gasteiger partial charge in [0.2, 0.25) is 5.82 Å². The fourth-order valence-electron chi connectivity index (χ4n) is 2.85. The summed E-state index contributed by atoms with van der Waals surface area (Å²) in [5.74, 6) is 0.162. The number of para-hydroxylation sites is 1. The summed E-state index contributed by atoms with van der Waals surface area (Å²) >= 11 is 6.35. The van der Waals surface area contributed by atoms with E-state index in [4.69, 9.17) is 16.3 Å². The van der Waals surface area contributed by atoms with Gasteiger partial charge < -0.3 is 10.1 Å². The van der Waals surface area contributed by atoms with E-state index in [0.717, 1.165) is 5.56 Å². The lowest BCUT2D eigenvalue weighted by atomic mass is 10.2. The zero-order valence-corrected chi connectivity index (χ0v) is 16.6. The van der Waals surface area contributed by atoms with Crippen molar-refractivity contribution in [1.82, 2.24) is 14.8 Å². The summed E-state index contributed by atoms with van der Waals surface area (Å²) in [4.78, 5) is 17.1. The van der Waals surface area contributed by atoms with Crippen LogP contribution in [0.2, 0.25) is 5.02 Å². The Morgan fingerprint density at radius 1 is 1.03 bits per heavy atom. The second-order valence-electron chi connectivity index (χ2n) is 6.31. The highest BCUT2D eigenvalue weighted by Crippen LogP contribution is 2.27. The first-order valence-corrected chi connectivity index (χ1v) is 9.36. The van der Waals surface area contributed by atoms with Crippen molar-refractivity contribution >= 4 is 23.2 Å². The Balaban J connectivity index is 1.76. The summed E-state index contributed by atoms with van der Waals surface area (Å²) in [6.45, 7) is 0. The highest BCUT2D eigenvalue weighted by Gasteiger charge is 2.20. The highest BCUT2D eigenvalue weighted by atomic mass is 35.5. The number of carbonyl (C=O) groups excluding carboxylic acids is 1. The normalized spacial score (nSPS) is 10.6. The Morgan fingerprint density at radius 2 is 1.73 bits per heavy atom. The molecule has 8 heteroatoms. The van der Waals surface area contributed by atoms with Crippen LogP contribution in [0.15, 0.2) is 72.8 Å². The van der Waals surface area contributed by atoms with E-state index < -0.39 is 11.7 Å². The molecule has 0 aliphatic carbocycles. The number of methoxy groups -OCH3 is 1. The molecule has 1 heterocycles.